The van der Waals surface area contributed by atoms with Crippen LogP contribution >= 0.6 is 0 Å². The molecule has 0 aromatic rings. The second-order valence-corrected chi connectivity index (χ2v) is 7.29. The molecule has 2 fully saturated rings. The molecule has 20 heavy (non-hydrogen) atoms. The Labute approximate surface area is 124 Å². The van der Waals surface area contributed by atoms with Gasteiger partial charge in [-0.15, -0.1) is 0 Å². The predicted octanol–water partition coefficient (Wildman–Crippen LogP) is 3.19. The number of nitrogens with zero attached hydrogens (tertiary/aromatic N) is 1. The molecule has 1 N–H and O–H groups in total. The summed E-state index contributed by atoms with van der Waals surface area (Å²) in [5.74, 6) is 1.59. The normalized spacial score (nSPS) is 31.4. The van der Waals surface area contributed by atoms with Crippen molar-refractivity contribution in [2.75, 3.05) is 6.54 Å². The van der Waals surface area contributed by atoms with Gasteiger partial charge in [0.15, 0.2) is 0 Å². The second-order valence-electron chi connectivity index (χ2n) is 7.29. The zero-order valence-corrected chi connectivity index (χ0v) is 13.7. The van der Waals surface area contributed by atoms with Gasteiger partial charge in [-0.25, -0.2) is 0 Å². The summed E-state index contributed by atoms with van der Waals surface area (Å²) in [6.07, 6.45) is 7.58. The van der Waals surface area contributed by atoms with Crippen LogP contribution in [0.1, 0.15) is 66.2 Å². The van der Waals surface area contributed by atoms with Crippen LogP contribution in [0.25, 0.3) is 0 Å². The summed E-state index contributed by atoms with van der Waals surface area (Å²) in [4.78, 5) is 14.8. The van der Waals surface area contributed by atoms with Crippen molar-refractivity contribution < 1.29 is 4.79 Å². The molecule has 0 aromatic carbocycles. The van der Waals surface area contributed by atoms with Crippen molar-refractivity contribution in [1.29, 1.82) is 0 Å². The summed E-state index contributed by atoms with van der Waals surface area (Å²) in [5, 5.41) is 3.31. The fourth-order valence-electron chi connectivity index (χ4n) is 3.66. The summed E-state index contributed by atoms with van der Waals surface area (Å²) in [6.45, 7) is 9.60. The van der Waals surface area contributed by atoms with E-state index >= 15 is 0 Å². The van der Waals surface area contributed by atoms with Crippen molar-refractivity contribution in [3.63, 3.8) is 0 Å². The molecule has 2 rings (SSSR count). The monoisotopic (exact) mass is 280 g/mol. The summed E-state index contributed by atoms with van der Waals surface area (Å²) in [7, 11) is 0. The van der Waals surface area contributed by atoms with Crippen molar-refractivity contribution in [3.8, 4) is 0 Å². The Bertz CT molecular complexity index is 325. The highest BCUT2D eigenvalue weighted by atomic mass is 16.2. The lowest BCUT2D eigenvalue weighted by atomic mass is 9.78. The highest BCUT2D eigenvalue weighted by Gasteiger charge is 2.31. The third kappa shape index (κ3) is 3.75. The van der Waals surface area contributed by atoms with Gasteiger partial charge in [0.05, 0.1) is 6.54 Å². The van der Waals surface area contributed by atoms with Crippen molar-refractivity contribution >= 4 is 5.91 Å². The summed E-state index contributed by atoms with van der Waals surface area (Å²) < 4.78 is 0. The van der Waals surface area contributed by atoms with Gasteiger partial charge in [-0.2, -0.15) is 0 Å². The SMILES string of the molecule is CC1CCCC(NC(=O)CN(C(C)C)C2CCC2)C1C. The van der Waals surface area contributed by atoms with Gasteiger partial charge in [-0.1, -0.05) is 33.1 Å². The van der Waals surface area contributed by atoms with Crippen LogP contribution in [0.5, 0.6) is 0 Å². The first-order chi connectivity index (χ1) is 9.49. The molecule has 1 amide bonds. The van der Waals surface area contributed by atoms with Gasteiger partial charge in [0.2, 0.25) is 5.91 Å². The number of rotatable bonds is 5. The smallest absolute Gasteiger partial charge is 0.234 e. The lowest BCUT2D eigenvalue weighted by Crippen LogP contribution is -2.52. The molecule has 0 aromatic heterocycles. The molecule has 0 heterocycles. The van der Waals surface area contributed by atoms with Crippen LogP contribution in [0.4, 0.5) is 0 Å². The van der Waals surface area contributed by atoms with Gasteiger partial charge in [0.1, 0.15) is 0 Å². The van der Waals surface area contributed by atoms with E-state index in [0.717, 1.165) is 12.3 Å². The number of amides is 1. The van der Waals surface area contributed by atoms with E-state index in [0.29, 0.717) is 30.6 Å². The minimum absolute atomic E-state index is 0.233. The maximum Gasteiger partial charge on any atom is 0.234 e. The Morgan fingerprint density at radius 2 is 1.80 bits per heavy atom. The summed E-state index contributed by atoms with van der Waals surface area (Å²) in [6, 6.07) is 1.50. The average molecular weight is 280 g/mol. The van der Waals surface area contributed by atoms with Gasteiger partial charge in [0, 0.05) is 18.1 Å². The van der Waals surface area contributed by atoms with Gasteiger partial charge < -0.3 is 5.32 Å². The van der Waals surface area contributed by atoms with Gasteiger partial charge in [-0.3, -0.25) is 9.69 Å². The highest BCUT2D eigenvalue weighted by Crippen LogP contribution is 2.30. The van der Waals surface area contributed by atoms with Gasteiger partial charge in [0.25, 0.3) is 0 Å². The second kappa shape index (κ2) is 6.93. The van der Waals surface area contributed by atoms with E-state index in [1.54, 1.807) is 0 Å². The maximum absolute atomic E-state index is 12.4. The molecule has 0 radical (unpaired) electrons. The van der Waals surface area contributed by atoms with Crippen LogP contribution in [-0.4, -0.2) is 35.5 Å². The van der Waals surface area contributed by atoms with E-state index in [1.165, 1.54) is 32.1 Å². The van der Waals surface area contributed by atoms with E-state index in [2.05, 4.69) is 37.9 Å². The number of carbonyl (C=O) groups is 1. The molecule has 0 spiro atoms. The number of hydrogen-bond donors (Lipinski definition) is 1. The van der Waals surface area contributed by atoms with Crippen molar-refractivity contribution in [2.45, 2.75) is 84.3 Å². The van der Waals surface area contributed by atoms with Gasteiger partial charge in [-0.05, 0) is 44.9 Å². The van der Waals surface area contributed by atoms with Gasteiger partial charge >= 0.3 is 0 Å². The maximum atomic E-state index is 12.4. The lowest BCUT2D eigenvalue weighted by Gasteiger charge is -2.40. The average Bonchev–Trinajstić information content (AvgIpc) is 2.32. The standard InChI is InChI=1S/C17H32N2O/c1-12(2)19(15-8-6-9-15)11-17(20)18-16-10-5-7-13(3)14(16)4/h12-16H,5-11H2,1-4H3,(H,18,20). The molecule has 2 aliphatic carbocycles. The lowest BCUT2D eigenvalue weighted by molar-refractivity contribution is -0.125. The number of hydrogen-bond acceptors (Lipinski definition) is 2. The fourth-order valence-corrected chi connectivity index (χ4v) is 3.66. The molecular weight excluding hydrogens is 248 g/mol. The first kappa shape index (κ1) is 15.8. The quantitative estimate of drug-likeness (QED) is 0.839. The van der Waals surface area contributed by atoms with Crippen LogP contribution in [0.2, 0.25) is 0 Å². The van der Waals surface area contributed by atoms with E-state index in [4.69, 9.17) is 0 Å². The Morgan fingerprint density at radius 3 is 2.35 bits per heavy atom. The zero-order chi connectivity index (χ0) is 14.7. The molecule has 0 bridgehead atoms. The first-order valence-electron chi connectivity index (χ1n) is 8.54. The molecule has 3 atom stereocenters. The third-order valence-electron chi connectivity index (χ3n) is 5.59. The molecule has 3 unspecified atom stereocenters. The minimum Gasteiger partial charge on any atom is -0.352 e. The highest BCUT2D eigenvalue weighted by molar-refractivity contribution is 5.78. The topological polar surface area (TPSA) is 32.3 Å². The number of carbonyl (C=O) groups excluding carboxylic acids is 1. The minimum atomic E-state index is 0.233. The molecular formula is C17H32N2O. The molecule has 3 heteroatoms. The Kier molecular flexibility index (Phi) is 5.48. The Morgan fingerprint density at radius 1 is 1.15 bits per heavy atom. The van der Waals surface area contributed by atoms with Crippen molar-refractivity contribution in [3.05, 3.63) is 0 Å². The summed E-state index contributed by atoms with van der Waals surface area (Å²) in [5.41, 5.74) is 0. The zero-order valence-electron chi connectivity index (χ0n) is 13.7. The molecule has 2 saturated carbocycles. The van der Waals surface area contributed by atoms with Crippen molar-refractivity contribution in [2.24, 2.45) is 11.8 Å². The molecule has 0 aliphatic heterocycles. The van der Waals surface area contributed by atoms with Crippen LogP contribution < -0.4 is 5.32 Å². The van der Waals surface area contributed by atoms with E-state index in [1.807, 2.05) is 0 Å². The van der Waals surface area contributed by atoms with E-state index in [9.17, 15) is 4.79 Å². The molecule has 2 aliphatic rings. The molecule has 116 valence electrons. The molecule has 3 nitrogen and oxygen atoms in total. The Balaban J connectivity index is 1.84. The van der Waals surface area contributed by atoms with Crippen LogP contribution in [0.3, 0.4) is 0 Å². The predicted molar refractivity (Wildman–Crippen MR) is 83.6 cm³/mol. The molecule has 0 saturated heterocycles. The fraction of sp³-hybridized carbons (Fsp3) is 0.941. The Hall–Kier alpha value is -0.570. The van der Waals surface area contributed by atoms with Crippen LogP contribution in [0.15, 0.2) is 0 Å². The summed E-state index contributed by atoms with van der Waals surface area (Å²) >= 11 is 0. The van der Waals surface area contributed by atoms with E-state index < -0.39 is 0 Å². The third-order valence-corrected chi connectivity index (χ3v) is 5.59. The van der Waals surface area contributed by atoms with Crippen molar-refractivity contribution in [1.82, 2.24) is 10.2 Å². The largest absolute Gasteiger partial charge is 0.352 e. The van der Waals surface area contributed by atoms with Crippen LogP contribution in [-0.2, 0) is 4.79 Å². The number of nitrogens with one attached hydrogen (secondary N) is 1. The van der Waals surface area contributed by atoms with Crippen LogP contribution in [0, 0.1) is 11.8 Å². The van der Waals surface area contributed by atoms with E-state index in [-0.39, 0.29) is 5.91 Å². The first-order valence-corrected chi connectivity index (χ1v) is 8.54.